The van der Waals surface area contributed by atoms with E-state index in [1.807, 2.05) is 6.66 Å². The number of rotatable bonds is 14. The second-order valence-corrected chi connectivity index (χ2v) is 14.9. The molecule has 1 aromatic carbocycles. The third kappa shape index (κ3) is 8.00. The molecule has 1 aromatic rings. The Morgan fingerprint density at radius 1 is 0.833 bits per heavy atom. The van der Waals surface area contributed by atoms with Gasteiger partial charge in [0.2, 0.25) is 0 Å². The Bertz CT molecular complexity index is 900. The molecule has 4 aliphatic rings. The van der Waals surface area contributed by atoms with Crippen LogP contribution < -0.4 is 16.4 Å². The Kier molecular flexibility index (Phi) is 13.7. The van der Waals surface area contributed by atoms with Crippen molar-refractivity contribution in [3.63, 3.8) is 0 Å². The van der Waals surface area contributed by atoms with E-state index in [0.29, 0.717) is 28.7 Å². The number of benzene rings is 1. The van der Waals surface area contributed by atoms with Crippen LogP contribution in [-0.4, -0.2) is 50.1 Å². The molecule has 4 saturated carbocycles. The molecule has 10 unspecified atom stereocenters. The van der Waals surface area contributed by atoms with E-state index < -0.39 is 0 Å². The fourth-order valence-electron chi connectivity index (χ4n) is 10.4. The zero-order valence-electron chi connectivity index (χ0n) is 27.5. The van der Waals surface area contributed by atoms with Crippen molar-refractivity contribution in [2.75, 3.05) is 32.8 Å². The van der Waals surface area contributed by atoms with E-state index in [1.165, 1.54) is 89.0 Å². The molecule has 10 atom stereocenters. The van der Waals surface area contributed by atoms with Crippen molar-refractivity contribution in [3.8, 4) is 0 Å². The smallest absolute Gasteiger partial charge is 0.0577 e. The number of aliphatic hydroxyl groups is 1. The molecule has 0 heterocycles. The van der Waals surface area contributed by atoms with Gasteiger partial charge in [0, 0.05) is 6.04 Å². The fourth-order valence-corrected chi connectivity index (χ4v) is 10.4. The second-order valence-electron chi connectivity index (χ2n) is 14.9. The van der Waals surface area contributed by atoms with Gasteiger partial charge >= 0.3 is 0 Å². The zero-order chi connectivity index (χ0) is 30.0. The van der Waals surface area contributed by atoms with Crippen molar-refractivity contribution in [3.05, 3.63) is 35.9 Å². The van der Waals surface area contributed by atoms with Crippen LogP contribution in [0.5, 0.6) is 0 Å². The molecule has 5 heteroatoms. The van der Waals surface area contributed by atoms with Crippen LogP contribution in [-0.2, 0) is 6.42 Å². The maximum absolute atomic E-state index is 11.7. The van der Waals surface area contributed by atoms with Gasteiger partial charge in [0.15, 0.2) is 0 Å². The third-order valence-corrected chi connectivity index (χ3v) is 12.8. The van der Waals surface area contributed by atoms with Gasteiger partial charge < -0.3 is 21.5 Å². The number of aliphatic hydroxyl groups excluding tert-OH is 1. The third-order valence-electron chi connectivity index (χ3n) is 12.8. The summed E-state index contributed by atoms with van der Waals surface area (Å²) in [5, 5.41) is 19.2. The molecule has 5 rings (SSSR count). The molecule has 0 bridgehead atoms. The van der Waals surface area contributed by atoms with Crippen LogP contribution in [0.1, 0.15) is 109 Å². The lowest BCUT2D eigenvalue weighted by Crippen LogP contribution is -2.59. The van der Waals surface area contributed by atoms with E-state index in [9.17, 15) is 5.11 Å². The summed E-state index contributed by atoms with van der Waals surface area (Å²) in [7, 11) is 2.42. The van der Waals surface area contributed by atoms with Crippen molar-refractivity contribution >= 4 is 9.24 Å². The van der Waals surface area contributed by atoms with Crippen LogP contribution >= 0.6 is 9.24 Å². The standard InChI is InChI=1S/C36H61N3O.CH5P/c1-35-20-18-32-34(31(35)16-15-28(35)14-7-6-13-27-11-4-3-5-12-27)33(40)26-29-25-30(17-19-36(29,32)2)39-24-10-23-38-22-9-8-21-37;1-2/h3-5,11-12,28-34,38-40H,6-10,13-26,37H2,1-2H3;2H2,1H3. The minimum atomic E-state index is -0.0824. The lowest BCUT2D eigenvalue weighted by atomic mass is 9.44. The number of fused-ring (bicyclic) bond motifs is 5. The minimum Gasteiger partial charge on any atom is -0.393 e. The van der Waals surface area contributed by atoms with Gasteiger partial charge in [0.1, 0.15) is 0 Å². The van der Waals surface area contributed by atoms with Gasteiger partial charge in [-0.1, -0.05) is 57.3 Å². The first-order chi connectivity index (χ1) is 20.5. The maximum atomic E-state index is 11.7. The maximum Gasteiger partial charge on any atom is 0.0577 e. The molecule has 0 saturated heterocycles. The summed E-state index contributed by atoms with van der Waals surface area (Å²) in [6.45, 7) is 11.3. The molecule has 5 N–H and O–H groups in total. The average molecular weight is 600 g/mol. The van der Waals surface area contributed by atoms with Crippen LogP contribution in [0, 0.1) is 40.4 Å². The Hall–Kier alpha value is -0.510. The highest BCUT2D eigenvalue weighted by Crippen LogP contribution is 2.67. The summed E-state index contributed by atoms with van der Waals surface area (Å²) in [6, 6.07) is 11.7. The van der Waals surface area contributed by atoms with E-state index in [-0.39, 0.29) is 6.10 Å². The van der Waals surface area contributed by atoms with Crippen molar-refractivity contribution in [1.82, 2.24) is 10.6 Å². The molecular formula is C37H66N3OP. The van der Waals surface area contributed by atoms with Crippen molar-refractivity contribution < 1.29 is 5.11 Å². The summed E-state index contributed by atoms with van der Waals surface area (Å²) in [5.74, 6) is 3.57. The molecule has 4 nitrogen and oxygen atoms in total. The Labute approximate surface area is 261 Å². The molecule has 0 aromatic heterocycles. The number of unbranched alkanes of at least 4 members (excludes halogenated alkanes) is 2. The van der Waals surface area contributed by atoms with Gasteiger partial charge in [-0.15, -0.1) is 9.24 Å². The first-order valence-electron chi connectivity index (χ1n) is 17.9. The SMILES string of the molecule is CC12CCC3C(C(O)CC4CC(NCCCNCCCCN)CCC43C)C1CCC2CCCCc1ccccc1.CP. The molecular weight excluding hydrogens is 533 g/mol. The van der Waals surface area contributed by atoms with E-state index in [1.54, 1.807) is 0 Å². The summed E-state index contributed by atoms with van der Waals surface area (Å²) in [4.78, 5) is 0. The monoisotopic (exact) mass is 599 g/mol. The van der Waals surface area contributed by atoms with E-state index in [2.05, 4.69) is 64.1 Å². The zero-order valence-corrected chi connectivity index (χ0v) is 28.6. The largest absolute Gasteiger partial charge is 0.393 e. The first-order valence-corrected chi connectivity index (χ1v) is 19.0. The van der Waals surface area contributed by atoms with Gasteiger partial charge in [0.05, 0.1) is 6.10 Å². The predicted octanol–water partition coefficient (Wildman–Crippen LogP) is 7.20. The number of hydrogen-bond acceptors (Lipinski definition) is 4. The van der Waals surface area contributed by atoms with Crippen LogP contribution in [0.15, 0.2) is 30.3 Å². The Morgan fingerprint density at radius 2 is 1.57 bits per heavy atom. The molecule has 42 heavy (non-hydrogen) atoms. The first kappa shape index (κ1) is 34.4. The predicted molar refractivity (Wildman–Crippen MR) is 184 cm³/mol. The van der Waals surface area contributed by atoms with Crippen LogP contribution in [0.4, 0.5) is 0 Å². The highest BCUT2D eigenvalue weighted by Gasteiger charge is 2.62. The van der Waals surface area contributed by atoms with Gasteiger partial charge in [-0.3, -0.25) is 0 Å². The van der Waals surface area contributed by atoms with Gasteiger partial charge in [-0.05, 0) is 162 Å². The Balaban J connectivity index is 0.00000198. The second kappa shape index (κ2) is 16.7. The van der Waals surface area contributed by atoms with Crippen molar-refractivity contribution in [2.24, 2.45) is 46.2 Å². The highest BCUT2D eigenvalue weighted by molar-refractivity contribution is 7.15. The average Bonchev–Trinajstić information content (AvgIpc) is 3.35. The van der Waals surface area contributed by atoms with Crippen LogP contribution in [0.25, 0.3) is 0 Å². The van der Waals surface area contributed by atoms with Crippen molar-refractivity contribution in [1.29, 1.82) is 0 Å². The van der Waals surface area contributed by atoms with E-state index in [0.717, 1.165) is 56.8 Å². The van der Waals surface area contributed by atoms with Crippen LogP contribution in [0.3, 0.4) is 0 Å². The summed E-state index contributed by atoms with van der Waals surface area (Å²) in [5.41, 5.74) is 7.96. The van der Waals surface area contributed by atoms with Crippen LogP contribution in [0.2, 0.25) is 0 Å². The minimum absolute atomic E-state index is 0.0824. The molecule has 0 aliphatic heterocycles. The summed E-state index contributed by atoms with van der Waals surface area (Å²) < 4.78 is 0. The summed E-state index contributed by atoms with van der Waals surface area (Å²) >= 11 is 0. The Morgan fingerprint density at radius 3 is 2.36 bits per heavy atom. The topological polar surface area (TPSA) is 70.3 Å². The van der Waals surface area contributed by atoms with Crippen molar-refractivity contribution in [2.45, 2.75) is 122 Å². The molecule has 0 amide bonds. The number of nitrogens with two attached hydrogens (primary N) is 1. The van der Waals surface area contributed by atoms with Gasteiger partial charge in [-0.25, -0.2) is 0 Å². The van der Waals surface area contributed by atoms with Gasteiger partial charge in [-0.2, -0.15) is 0 Å². The van der Waals surface area contributed by atoms with Gasteiger partial charge in [0.25, 0.3) is 0 Å². The lowest BCUT2D eigenvalue weighted by molar-refractivity contribution is -0.165. The summed E-state index contributed by atoms with van der Waals surface area (Å²) in [6.07, 6.45) is 19.2. The molecule has 4 aliphatic carbocycles. The normalized spacial score (nSPS) is 37.2. The number of aryl methyl sites for hydroxylation is 1. The molecule has 4 fully saturated rings. The highest BCUT2D eigenvalue weighted by atomic mass is 31.0. The lowest BCUT2D eigenvalue weighted by Gasteiger charge is -2.62. The quantitative estimate of drug-likeness (QED) is 0.135. The molecule has 0 radical (unpaired) electrons. The number of nitrogens with one attached hydrogen (secondary N) is 2. The number of hydrogen-bond donors (Lipinski definition) is 4. The van der Waals surface area contributed by atoms with E-state index in [4.69, 9.17) is 5.73 Å². The van der Waals surface area contributed by atoms with E-state index >= 15 is 0 Å². The molecule has 240 valence electrons. The fraction of sp³-hybridized carbons (Fsp3) is 0.838. The molecule has 0 spiro atoms.